The van der Waals surface area contributed by atoms with Gasteiger partial charge in [0.05, 0.1) is 18.2 Å². The van der Waals surface area contributed by atoms with Crippen LogP contribution in [0.5, 0.6) is 0 Å². The molecule has 2 aromatic heterocycles. The molecule has 208 valence electrons. The van der Waals surface area contributed by atoms with Crippen LogP contribution in [0.1, 0.15) is 79.9 Å². The van der Waals surface area contributed by atoms with Gasteiger partial charge in [0, 0.05) is 18.5 Å². The number of fused-ring (bicyclic) bond motifs is 1. The quantitative estimate of drug-likeness (QED) is 0.246. The summed E-state index contributed by atoms with van der Waals surface area (Å²) in [6, 6.07) is -1.34. The minimum atomic E-state index is -1.40. The number of aromatic nitrogens is 2. The standard InChI is InChI=1S/C26H37N5O6S/c1-11(2)15-9-18(23(34)29-21(25(36)37)13(4)8-19(32)33)38-17(15)7-12(3)16-10-28-22-20(14(16)5)24(35)31-26(27-6)30-22/h9,11-14,16,21H,7-8,10H2,1-6H3,(H,29,34)(H,32,33)(H,36,37)(H3,27,28,30,31,35)/t12?,13?,14?,16-,21-/m0/s1/i9D. The Morgan fingerprint density at radius 1 is 1.26 bits per heavy atom. The molecule has 0 saturated heterocycles. The Morgan fingerprint density at radius 2 is 1.95 bits per heavy atom. The van der Waals surface area contributed by atoms with Crippen LogP contribution in [0.15, 0.2) is 10.8 Å². The summed E-state index contributed by atoms with van der Waals surface area (Å²) in [6.45, 7) is 10.0. The molecule has 0 aromatic carbocycles. The first kappa shape index (κ1) is 27.6. The van der Waals surface area contributed by atoms with Gasteiger partial charge in [-0.1, -0.05) is 34.6 Å². The average Bonchev–Trinajstić information content (AvgIpc) is 3.16. The van der Waals surface area contributed by atoms with Crippen molar-refractivity contribution in [3.63, 3.8) is 0 Å². The average molecular weight is 549 g/mol. The van der Waals surface area contributed by atoms with E-state index in [0.717, 1.165) is 10.4 Å². The molecule has 0 saturated carbocycles. The molecule has 38 heavy (non-hydrogen) atoms. The highest BCUT2D eigenvalue weighted by Gasteiger charge is 2.34. The van der Waals surface area contributed by atoms with Gasteiger partial charge in [-0.15, -0.1) is 11.3 Å². The zero-order valence-electron chi connectivity index (χ0n) is 23.5. The third-order valence-electron chi connectivity index (χ3n) is 7.21. The van der Waals surface area contributed by atoms with E-state index >= 15 is 0 Å². The third-order valence-corrected chi connectivity index (χ3v) is 8.33. The molecule has 12 heteroatoms. The SMILES string of the molecule is [2H]c1c(C(=O)N[C@H](C(=O)O)C(C)CC(=O)O)sc(CC(C)[C@@H]2CNc3nc(NC)[nH]c(=O)c3C2C)c1C(C)C. The smallest absolute Gasteiger partial charge is 0.326 e. The van der Waals surface area contributed by atoms with Gasteiger partial charge in [0.1, 0.15) is 11.9 Å². The van der Waals surface area contributed by atoms with Crippen molar-refractivity contribution < 1.29 is 26.0 Å². The fourth-order valence-electron chi connectivity index (χ4n) is 5.07. The summed E-state index contributed by atoms with van der Waals surface area (Å²) in [5.74, 6) is -3.03. The number of carboxylic acids is 2. The van der Waals surface area contributed by atoms with Crippen LogP contribution in [0.25, 0.3) is 0 Å². The summed E-state index contributed by atoms with van der Waals surface area (Å²) in [4.78, 5) is 56.9. The lowest BCUT2D eigenvalue weighted by molar-refractivity contribution is -0.142. The molecule has 1 aliphatic heterocycles. The van der Waals surface area contributed by atoms with Gasteiger partial charge in [0.25, 0.3) is 11.5 Å². The van der Waals surface area contributed by atoms with E-state index in [1.165, 1.54) is 18.3 Å². The number of amides is 1. The Kier molecular flexibility index (Phi) is 8.70. The first-order valence-corrected chi connectivity index (χ1v) is 13.5. The molecule has 0 spiro atoms. The maximum absolute atomic E-state index is 13.1. The predicted octanol–water partition coefficient (Wildman–Crippen LogP) is 3.31. The number of carbonyl (C=O) groups excluding carboxylic acids is 1. The van der Waals surface area contributed by atoms with E-state index < -0.39 is 36.2 Å². The molecular formula is C26H37N5O6S. The Hall–Kier alpha value is -3.41. The van der Waals surface area contributed by atoms with Crippen LogP contribution in [0.2, 0.25) is 0 Å². The number of hydrogen-bond acceptors (Lipinski definition) is 8. The summed E-state index contributed by atoms with van der Waals surface area (Å²) >= 11 is 1.17. The summed E-state index contributed by atoms with van der Waals surface area (Å²) in [5.41, 5.74) is 1.14. The summed E-state index contributed by atoms with van der Waals surface area (Å²) in [7, 11) is 1.68. The first-order chi connectivity index (χ1) is 18.3. The van der Waals surface area contributed by atoms with Crippen molar-refractivity contribution in [2.45, 2.75) is 65.3 Å². The molecular weight excluding hydrogens is 510 g/mol. The van der Waals surface area contributed by atoms with Crippen LogP contribution >= 0.6 is 11.3 Å². The number of aromatic amines is 1. The van der Waals surface area contributed by atoms with E-state index in [-0.39, 0.29) is 40.2 Å². The van der Waals surface area contributed by atoms with Gasteiger partial charge in [-0.2, -0.15) is 4.98 Å². The van der Waals surface area contributed by atoms with Crippen LogP contribution in [-0.4, -0.2) is 57.7 Å². The number of H-pyrrole nitrogens is 1. The maximum atomic E-state index is 13.1. The van der Waals surface area contributed by atoms with E-state index in [0.29, 0.717) is 30.3 Å². The second-order valence-electron chi connectivity index (χ2n) is 10.4. The Bertz CT molecular complexity index is 1310. The van der Waals surface area contributed by atoms with Crippen molar-refractivity contribution in [1.82, 2.24) is 15.3 Å². The number of aliphatic carboxylic acids is 2. The van der Waals surface area contributed by atoms with E-state index in [1.807, 2.05) is 20.8 Å². The summed E-state index contributed by atoms with van der Waals surface area (Å²) in [5, 5.41) is 27.2. The van der Waals surface area contributed by atoms with Crippen LogP contribution in [0.4, 0.5) is 11.8 Å². The largest absolute Gasteiger partial charge is 0.481 e. The minimum absolute atomic E-state index is 0.0478. The number of carbonyl (C=O) groups is 3. The molecule has 1 aliphatic rings. The van der Waals surface area contributed by atoms with Crippen molar-refractivity contribution in [2.24, 2.45) is 17.8 Å². The minimum Gasteiger partial charge on any atom is -0.481 e. The maximum Gasteiger partial charge on any atom is 0.326 e. The third kappa shape index (κ3) is 6.35. The molecule has 5 atom stereocenters. The van der Waals surface area contributed by atoms with Crippen LogP contribution in [-0.2, 0) is 16.0 Å². The molecule has 0 aliphatic carbocycles. The molecule has 0 radical (unpaired) electrons. The lowest BCUT2D eigenvalue weighted by Gasteiger charge is -2.35. The van der Waals surface area contributed by atoms with Crippen molar-refractivity contribution in [3.05, 3.63) is 37.3 Å². The van der Waals surface area contributed by atoms with Gasteiger partial charge in [0.2, 0.25) is 5.95 Å². The Morgan fingerprint density at radius 3 is 2.53 bits per heavy atom. The number of nitrogens with one attached hydrogen (secondary N) is 4. The number of anilines is 2. The molecule has 0 bridgehead atoms. The predicted molar refractivity (Wildman–Crippen MR) is 146 cm³/mol. The fourth-order valence-corrected chi connectivity index (χ4v) is 6.37. The summed E-state index contributed by atoms with van der Waals surface area (Å²) in [6.07, 6.45) is 0.155. The molecule has 3 unspecified atom stereocenters. The Balaban J connectivity index is 1.86. The number of rotatable bonds is 11. The van der Waals surface area contributed by atoms with E-state index in [4.69, 9.17) is 6.48 Å². The van der Waals surface area contributed by atoms with Crippen LogP contribution in [0, 0.1) is 17.8 Å². The molecule has 2 aromatic rings. The highest BCUT2D eigenvalue weighted by Crippen LogP contribution is 2.39. The normalized spacial score (nSPS) is 19.5. The topological polar surface area (TPSA) is 174 Å². The number of hydrogen-bond donors (Lipinski definition) is 6. The van der Waals surface area contributed by atoms with E-state index in [2.05, 4.69) is 32.8 Å². The lowest BCUT2D eigenvalue weighted by Crippen LogP contribution is -2.45. The highest BCUT2D eigenvalue weighted by atomic mass is 32.1. The van der Waals surface area contributed by atoms with Gasteiger partial charge < -0.3 is 26.2 Å². The summed E-state index contributed by atoms with van der Waals surface area (Å²) < 4.78 is 8.73. The lowest BCUT2D eigenvalue weighted by atomic mass is 9.76. The van der Waals surface area contributed by atoms with Gasteiger partial charge in [0.15, 0.2) is 0 Å². The highest BCUT2D eigenvalue weighted by molar-refractivity contribution is 7.14. The molecule has 0 fully saturated rings. The molecule has 3 rings (SSSR count). The second kappa shape index (κ2) is 12.0. The monoisotopic (exact) mass is 548 g/mol. The van der Waals surface area contributed by atoms with Crippen molar-refractivity contribution in [3.8, 4) is 0 Å². The van der Waals surface area contributed by atoms with Crippen LogP contribution in [0.3, 0.4) is 0 Å². The van der Waals surface area contributed by atoms with Gasteiger partial charge in [-0.25, -0.2) is 4.79 Å². The fraction of sp³-hybridized carbons (Fsp3) is 0.577. The van der Waals surface area contributed by atoms with E-state index in [9.17, 15) is 24.3 Å². The first-order valence-electron chi connectivity index (χ1n) is 13.2. The van der Waals surface area contributed by atoms with Crippen molar-refractivity contribution >= 4 is 40.9 Å². The molecule has 1 amide bonds. The van der Waals surface area contributed by atoms with Gasteiger partial charge in [-0.3, -0.25) is 19.4 Å². The van der Waals surface area contributed by atoms with Gasteiger partial charge >= 0.3 is 11.9 Å². The number of thiophene rings is 1. The Labute approximate surface area is 226 Å². The number of nitrogens with zero attached hydrogens (tertiary/aromatic N) is 1. The van der Waals surface area contributed by atoms with Crippen molar-refractivity contribution in [1.29, 1.82) is 0 Å². The molecule has 6 N–H and O–H groups in total. The van der Waals surface area contributed by atoms with E-state index in [1.54, 1.807) is 7.05 Å². The number of carboxylic acid groups (broad SMARTS) is 2. The second-order valence-corrected chi connectivity index (χ2v) is 11.5. The zero-order valence-corrected chi connectivity index (χ0v) is 23.3. The van der Waals surface area contributed by atoms with Crippen molar-refractivity contribution in [2.75, 3.05) is 24.2 Å². The zero-order chi connectivity index (χ0) is 29.2. The van der Waals surface area contributed by atoms with Gasteiger partial charge in [-0.05, 0) is 47.6 Å². The molecule has 11 nitrogen and oxygen atoms in total. The van der Waals surface area contributed by atoms with Crippen LogP contribution < -0.4 is 21.5 Å². The molecule has 3 heterocycles.